The van der Waals surface area contributed by atoms with Gasteiger partial charge in [0.1, 0.15) is 17.2 Å². The lowest BCUT2D eigenvalue weighted by Gasteiger charge is -2.08. The van der Waals surface area contributed by atoms with E-state index in [1.54, 1.807) is 48.5 Å². The Morgan fingerprint density at radius 1 is 0.533 bits per heavy atom. The first kappa shape index (κ1) is 34.2. The minimum atomic E-state index is -0.474. The molecule has 234 valence electrons. The maximum Gasteiger partial charge on any atom is 0.343 e. The second-order valence-electron chi connectivity index (χ2n) is 9.77. The van der Waals surface area contributed by atoms with Crippen molar-refractivity contribution in [2.45, 2.75) is 38.5 Å². The second kappa shape index (κ2) is 19.8. The predicted molar refractivity (Wildman–Crippen MR) is 171 cm³/mol. The Balaban J connectivity index is 1.35. The van der Waals surface area contributed by atoms with Gasteiger partial charge >= 0.3 is 17.9 Å². The first-order valence-electron chi connectivity index (χ1n) is 14.8. The highest BCUT2D eigenvalue weighted by molar-refractivity contribution is 5.91. The highest BCUT2D eigenvalue weighted by atomic mass is 16.5. The van der Waals surface area contributed by atoms with Gasteiger partial charge in [-0.1, -0.05) is 25.0 Å². The standard InChI is InChI=1S/C37H38O8/c1-3-35(38)43-27-8-6-5-7-25-41-32-19-13-29(14-20-32)11-12-30-15-21-34(22-16-30)45-37(40)31-17-23-33(24-18-31)42-26-9-10-28-44-36(39)4-2/h3-4,13-24H,1-2,5-10,25-28H2. The zero-order valence-electron chi connectivity index (χ0n) is 25.3. The average Bonchev–Trinajstić information content (AvgIpc) is 3.07. The predicted octanol–water partition coefficient (Wildman–Crippen LogP) is 6.86. The molecule has 3 rings (SSSR count). The van der Waals surface area contributed by atoms with Gasteiger partial charge in [0, 0.05) is 23.3 Å². The van der Waals surface area contributed by atoms with Crippen molar-refractivity contribution in [3.8, 4) is 29.1 Å². The largest absolute Gasteiger partial charge is 0.494 e. The Morgan fingerprint density at radius 2 is 0.933 bits per heavy atom. The van der Waals surface area contributed by atoms with Gasteiger partial charge in [-0.05, 0) is 111 Å². The van der Waals surface area contributed by atoms with Crippen LogP contribution in [0.2, 0.25) is 0 Å². The summed E-state index contributed by atoms with van der Waals surface area (Å²) in [5, 5.41) is 0. The maximum atomic E-state index is 12.6. The third-order valence-electron chi connectivity index (χ3n) is 6.30. The summed E-state index contributed by atoms with van der Waals surface area (Å²) in [4.78, 5) is 34.6. The molecule has 0 saturated heterocycles. The van der Waals surface area contributed by atoms with Crippen LogP contribution in [0, 0.1) is 11.8 Å². The molecule has 0 saturated carbocycles. The van der Waals surface area contributed by atoms with E-state index < -0.39 is 11.9 Å². The first-order chi connectivity index (χ1) is 22.0. The van der Waals surface area contributed by atoms with Crippen LogP contribution in [0.3, 0.4) is 0 Å². The highest BCUT2D eigenvalue weighted by Crippen LogP contribution is 2.18. The topological polar surface area (TPSA) is 97.4 Å². The molecule has 0 aliphatic carbocycles. The molecule has 0 spiro atoms. The number of carbonyl (C=O) groups excluding carboxylic acids is 3. The van der Waals surface area contributed by atoms with Gasteiger partial charge in [-0.15, -0.1) is 0 Å². The molecule has 0 amide bonds. The number of benzene rings is 3. The van der Waals surface area contributed by atoms with E-state index in [1.165, 1.54) is 6.08 Å². The van der Waals surface area contributed by atoms with Crippen LogP contribution < -0.4 is 14.2 Å². The Hall–Kier alpha value is -5.29. The van der Waals surface area contributed by atoms with E-state index >= 15 is 0 Å². The highest BCUT2D eigenvalue weighted by Gasteiger charge is 2.09. The van der Waals surface area contributed by atoms with Gasteiger partial charge in [-0.3, -0.25) is 0 Å². The lowest BCUT2D eigenvalue weighted by Crippen LogP contribution is -2.08. The lowest BCUT2D eigenvalue weighted by molar-refractivity contribution is -0.138. The number of unbranched alkanes of at least 4 members (excludes halogenated alkanes) is 4. The minimum Gasteiger partial charge on any atom is -0.494 e. The molecule has 0 aliphatic rings. The maximum absolute atomic E-state index is 12.6. The summed E-state index contributed by atoms with van der Waals surface area (Å²) in [5.41, 5.74) is 2.04. The van der Waals surface area contributed by atoms with E-state index in [0.29, 0.717) is 49.9 Å². The Labute approximate surface area is 264 Å². The van der Waals surface area contributed by atoms with Gasteiger partial charge in [0.2, 0.25) is 0 Å². The van der Waals surface area contributed by atoms with E-state index in [4.69, 9.17) is 23.7 Å². The van der Waals surface area contributed by atoms with Crippen molar-refractivity contribution in [3.63, 3.8) is 0 Å². The SMILES string of the molecule is C=CC(=O)OCCCCCCOc1ccc(C#Cc2ccc(OC(=O)c3ccc(OCCCCOC(=O)C=C)cc3)cc2)cc1. The van der Waals surface area contributed by atoms with E-state index in [0.717, 1.165) is 55.1 Å². The molecule has 0 fully saturated rings. The molecule has 45 heavy (non-hydrogen) atoms. The van der Waals surface area contributed by atoms with E-state index in [-0.39, 0.29) is 5.97 Å². The normalized spacial score (nSPS) is 10.0. The Bertz CT molecular complexity index is 1450. The number of ether oxygens (including phenoxy) is 5. The molecule has 0 aromatic heterocycles. The molecule has 3 aromatic carbocycles. The summed E-state index contributed by atoms with van der Waals surface area (Å²) in [6.45, 7) is 8.54. The molecule has 0 atom stereocenters. The summed E-state index contributed by atoms with van der Waals surface area (Å²) >= 11 is 0. The molecule has 0 heterocycles. The summed E-state index contributed by atoms with van der Waals surface area (Å²) in [6.07, 6.45) is 7.42. The van der Waals surface area contributed by atoms with Crippen molar-refractivity contribution in [1.29, 1.82) is 0 Å². The fraction of sp³-hybridized carbons (Fsp3) is 0.270. The third-order valence-corrected chi connectivity index (χ3v) is 6.30. The first-order valence-corrected chi connectivity index (χ1v) is 14.8. The van der Waals surface area contributed by atoms with E-state index in [1.807, 2.05) is 24.3 Å². The smallest absolute Gasteiger partial charge is 0.343 e. The Kier molecular flexibility index (Phi) is 15.1. The third kappa shape index (κ3) is 13.7. The van der Waals surface area contributed by atoms with Crippen molar-refractivity contribution >= 4 is 17.9 Å². The van der Waals surface area contributed by atoms with Crippen LogP contribution >= 0.6 is 0 Å². The molecule has 0 N–H and O–H groups in total. The van der Waals surface area contributed by atoms with Crippen molar-refractivity contribution in [3.05, 3.63) is 115 Å². The molecule has 3 aromatic rings. The quantitative estimate of drug-likeness (QED) is 0.0507. The number of carbonyl (C=O) groups is 3. The molecule has 0 radical (unpaired) electrons. The molecule has 0 bridgehead atoms. The fourth-order valence-electron chi connectivity index (χ4n) is 3.84. The molecule has 8 heteroatoms. The monoisotopic (exact) mass is 610 g/mol. The molecule has 0 aliphatic heterocycles. The van der Waals surface area contributed by atoms with Crippen LogP contribution in [0.1, 0.15) is 60.0 Å². The number of hydrogen-bond acceptors (Lipinski definition) is 8. The van der Waals surface area contributed by atoms with Crippen molar-refractivity contribution < 1.29 is 38.1 Å². The second-order valence-corrected chi connectivity index (χ2v) is 9.77. The van der Waals surface area contributed by atoms with Crippen LogP contribution in [-0.2, 0) is 19.1 Å². The summed E-state index contributed by atoms with van der Waals surface area (Å²) in [7, 11) is 0. The van der Waals surface area contributed by atoms with E-state index in [9.17, 15) is 14.4 Å². The average molecular weight is 611 g/mol. The molecule has 0 unspecified atom stereocenters. The Morgan fingerprint density at radius 3 is 1.42 bits per heavy atom. The number of hydrogen-bond donors (Lipinski definition) is 0. The van der Waals surface area contributed by atoms with Crippen LogP contribution in [0.15, 0.2) is 98.1 Å². The molecular weight excluding hydrogens is 572 g/mol. The van der Waals surface area contributed by atoms with Crippen molar-refractivity contribution in [1.82, 2.24) is 0 Å². The van der Waals surface area contributed by atoms with Gasteiger partial charge in [-0.25, -0.2) is 14.4 Å². The van der Waals surface area contributed by atoms with Gasteiger partial charge in [-0.2, -0.15) is 0 Å². The van der Waals surface area contributed by atoms with Crippen LogP contribution in [0.5, 0.6) is 17.2 Å². The van der Waals surface area contributed by atoms with Gasteiger partial charge in [0.05, 0.1) is 32.0 Å². The minimum absolute atomic E-state index is 0.319. The van der Waals surface area contributed by atoms with Crippen molar-refractivity contribution in [2.75, 3.05) is 26.4 Å². The van der Waals surface area contributed by atoms with Gasteiger partial charge < -0.3 is 23.7 Å². The summed E-state index contributed by atoms with van der Waals surface area (Å²) < 4.78 is 26.8. The molecule has 8 nitrogen and oxygen atoms in total. The fourth-order valence-corrected chi connectivity index (χ4v) is 3.84. The lowest BCUT2D eigenvalue weighted by atomic mass is 10.1. The van der Waals surface area contributed by atoms with E-state index in [2.05, 4.69) is 25.0 Å². The van der Waals surface area contributed by atoms with Gasteiger partial charge in [0.25, 0.3) is 0 Å². The summed E-state index contributed by atoms with van der Waals surface area (Å²) in [6, 6.07) is 21.3. The zero-order chi connectivity index (χ0) is 32.1. The number of esters is 3. The number of rotatable bonds is 18. The van der Waals surface area contributed by atoms with Crippen molar-refractivity contribution in [2.24, 2.45) is 0 Å². The van der Waals surface area contributed by atoms with Crippen LogP contribution in [0.4, 0.5) is 0 Å². The summed E-state index contributed by atoms with van der Waals surface area (Å²) in [5.74, 6) is 6.79. The zero-order valence-corrected chi connectivity index (χ0v) is 25.3. The van der Waals surface area contributed by atoms with Crippen LogP contribution in [0.25, 0.3) is 0 Å². The molecular formula is C37H38O8. The van der Waals surface area contributed by atoms with Gasteiger partial charge in [0.15, 0.2) is 0 Å². The van der Waals surface area contributed by atoms with Crippen LogP contribution in [-0.4, -0.2) is 44.3 Å².